The van der Waals surface area contributed by atoms with Gasteiger partial charge in [0.1, 0.15) is 17.8 Å². The van der Waals surface area contributed by atoms with Crippen molar-refractivity contribution in [1.29, 1.82) is 0 Å². The summed E-state index contributed by atoms with van der Waals surface area (Å²) in [6, 6.07) is 19.6. The molecule has 3 rings (SSSR count). The van der Waals surface area contributed by atoms with E-state index >= 15 is 0 Å². The summed E-state index contributed by atoms with van der Waals surface area (Å²) in [6.45, 7) is -0.189. The Hall–Kier alpha value is -4.70. The first-order chi connectivity index (χ1) is 17.7. The zero-order chi connectivity index (χ0) is 26.8. The topological polar surface area (TPSA) is 177 Å². The summed E-state index contributed by atoms with van der Waals surface area (Å²) in [7, 11) is 0. The van der Waals surface area contributed by atoms with Gasteiger partial charge in [0.15, 0.2) is 0 Å². The number of anilines is 1. The quantitative estimate of drug-likeness (QED) is 0.226. The van der Waals surface area contributed by atoms with E-state index in [0.717, 1.165) is 0 Å². The first-order valence-electron chi connectivity index (χ1n) is 11.6. The molecule has 4 amide bonds. The van der Waals surface area contributed by atoms with Gasteiger partial charge in [-0.2, -0.15) is 0 Å². The third-order valence-electron chi connectivity index (χ3n) is 5.54. The summed E-state index contributed by atoms with van der Waals surface area (Å²) < 4.78 is 0. The number of nitrogens with one attached hydrogen (secondary N) is 3. The third-order valence-corrected chi connectivity index (χ3v) is 5.54. The van der Waals surface area contributed by atoms with Gasteiger partial charge in [-0.25, -0.2) is 0 Å². The molecule has 0 fully saturated rings. The van der Waals surface area contributed by atoms with Crippen LogP contribution in [-0.4, -0.2) is 47.4 Å². The fourth-order valence-corrected chi connectivity index (χ4v) is 3.53. The van der Waals surface area contributed by atoms with E-state index in [-0.39, 0.29) is 31.0 Å². The van der Waals surface area contributed by atoms with Gasteiger partial charge in [0.25, 0.3) is 5.91 Å². The zero-order valence-electron chi connectivity index (χ0n) is 20.0. The molecule has 10 nitrogen and oxygen atoms in total. The smallest absolute Gasteiger partial charge is 0.255 e. The molecule has 2 atom stereocenters. The number of benzene rings is 3. The second kappa shape index (κ2) is 12.8. The summed E-state index contributed by atoms with van der Waals surface area (Å²) >= 11 is 0. The molecule has 0 aliphatic rings. The number of hydrogen-bond donors (Lipinski definition) is 6. The summed E-state index contributed by atoms with van der Waals surface area (Å²) in [5.74, 6) is -2.02. The average molecular weight is 504 g/mol. The van der Waals surface area contributed by atoms with Crippen LogP contribution in [0.1, 0.15) is 21.5 Å². The van der Waals surface area contributed by atoms with Gasteiger partial charge in [0.05, 0.1) is 6.42 Å². The Kier molecular flexibility index (Phi) is 9.34. The van der Waals surface area contributed by atoms with Crippen molar-refractivity contribution < 1.29 is 24.3 Å². The maximum Gasteiger partial charge on any atom is 0.255 e. The van der Waals surface area contributed by atoms with E-state index in [1.54, 1.807) is 60.7 Å². The largest absolute Gasteiger partial charge is 0.508 e. The highest BCUT2D eigenvalue weighted by Gasteiger charge is 2.25. The molecule has 0 heterocycles. The van der Waals surface area contributed by atoms with Crippen molar-refractivity contribution in [1.82, 2.24) is 10.6 Å². The lowest BCUT2D eigenvalue weighted by molar-refractivity contribution is -0.131. The molecule has 3 aromatic rings. The SMILES string of the molecule is NC[C@H](NC(=O)[C@H](Cc1ccc(NC(=O)c2ccccc2)cc1)NC(=O)Cc1ccc(O)cc1)C(N)=O. The Morgan fingerprint density at radius 2 is 1.41 bits per heavy atom. The molecule has 8 N–H and O–H groups in total. The van der Waals surface area contributed by atoms with Crippen molar-refractivity contribution in [3.63, 3.8) is 0 Å². The van der Waals surface area contributed by atoms with E-state index in [0.29, 0.717) is 22.4 Å². The van der Waals surface area contributed by atoms with Gasteiger partial charge >= 0.3 is 0 Å². The monoisotopic (exact) mass is 503 g/mol. The second-order valence-electron chi connectivity index (χ2n) is 8.38. The summed E-state index contributed by atoms with van der Waals surface area (Å²) in [5, 5.41) is 17.4. The first kappa shape index (κ1) is 26.9. The van der Waals surface area contributed by atoms with E-state index in [2.05, 4.69) is 16.0 Å². The van der Waals surface area contributed by atoms with Crippen molar-refractivity contribution in [3.05, 3.63) is 95.6 Å². The number of aromatic hydroxyl groups is 1. The van der Waals surface area contributed by atoms with E-state index in [4.69, 9.17) is 11.5 Å². The molecule has 0 radical (unpaired) electrons. The van der Waals surface area contributed by atoms with Crippen LogP contribution < -0.4 is 27.4 Å². The number of primary amides is 1. The third kappa shape index (κ3) is 8.18. The number of hydrogen-bond acceptors (Lipinski definition) is 6. The second-order valence-corrected chi connectivity index (χ2v) is 8.38. The Balaban J connectivity index is 1.70. The fourth-order valence-electron chi connectivity index (χ4n) is 3.53. The summed E-state index contributed by atoms with van der Waals surface area (Å²) in [6.07, 6.45) is 0.0841. The minimum absolute atomic E-state index is 0.0232. The highest BCUT2D eigenvalue weighted by molar-refractivity contribution is 6.04. The van der Waals surface area contributed by atoms with Crippen LogP contribution in [0.3, 0.4) is 0 Å². The predicted molar refractivity (Wildman–Crippen MR) is 138 cm³/mol. The minimum Gasteiger partial charge on any atom is -0.508 e. The molecule has 0 saturated carbocycles. The number of carbonyl (C=O) groups is 4. The van der Waals surface area contributed by atoms with Crippen molar-refractivity contribution in [2.45, 2.75) is 24.9 Å². The van der Waals surface area contributed by atoms with Gasteiger partial charge in [-0.1, -0.05) is 42.5 Å². The molecule has 0 saturated heterocycles. The number of nitrogens with two attached hydrogens (primary N) is 2. The van der Waals surface area contributed by atoms with Crippen LogP contribution in [0.15, 0.2) is 78.9 Å². The van der Waals surface area contributed by atoms with Crippen LogP contribution in [0.2, 0.25) is 0 Å². The minimum atomic E-state index is -1.08. The van der Waals surface area contributed by atoms with Crippen molar-refractivity contribution in [2.24, 2.45) is 11.5 Å². The van der Waals surface area contributed by atoms with Crippen molar-refractivity contribution in [2.75, 3.05) is 11.9 Å². The van der Waals surface area contributed by atoms with Crippen molar-refractivity contribution in [3.8, 4) is 5.75 Å². The van der Waals surface area contributed by atoms with Crippen LogP contribution in [0, 0.1) is 0 Å². The van der Waals surface area contributed by atoms with Crippen LogP contribution in [0.25, 0.3) is 0 Å². The molecular weight excluding hydrogens is 474 g/mol. The zero-order valence-corrected chi connectivity index (χ0v) is 20.0. The molecule has 0 bridgehead atoms. The molecule has 0 aromatic heterocycles. The molecule has 0 aliphatic carbocycles. The number of carbonyl (C=O) groups excluding carboxylic acids is 4. The van der Waals surface area contributed by atoms with Gasteiger partial charge in [0.2, 0.25) is 17.7 Å². The molecule has 0 unspecified atom stereocenters. The average Bonchev–Trinajstić information content (AvgIpc) is 2.89. The van der Waals surface area contributed by atoms with Crippen LogP contribution in [-0.2, 0) is 27.2 Å². The number of amides is 4. The van der Waals surface area contributed by atoms with Crippen molar-refractivity contribution >= 4 is 29.3 Å². The fraction of sp³-hybridized carbons (Fsp3) is 0.185. The van der Waals surface area contributed by atoms with Crippen LogP contribution >= 0.6 is 0 Å². The van der Waals surface area contributed by atoms with E-state index in [1.807, 2.05) is 6.07 Å². The first-order valence-corrected chi connectivity index (χ1v) is 11.6. The number of phenolic OH excluding ortho intramolecular Hbond substituents is 1. The Morgan fingerprint density at radius 3 is 2.00 bits per heavy atom. The number of rotatable bonds is 11. The molecule has 0 aliphatic heterocycles. The Labute approximate surface area is 214 Å². The standard InChI is InChI=1S/C27H29N5O5/c28-16-23(25(29)35)32-27(37)22(31-24(34)15-18-8-12-21(33)13-9-18)14-17-6-10-20(11-7-17)30-26(36)19-4-2-1-3-5-19/h1-13,22-23,33H,14-16,28H2,(H2,29,35)(H,30,36)(H,31,34)(H,32,37)/t22-,23-/m0/s1. The lowest BCUT2D eigenvalue weighted by Gasteiger charge is -2.21. The Morgan fingerprint density at radius 1 is 0.784 bits per heavy atom. The summed E-state index contributed by atoms with van der Waals surface area (Å²) in [5.41, 5.74) is 13.2. The lowest BCUT2D eigenvalue weighted by atomic mass is 10.0. The summed E-state index contributed by atoms with van der Waals surface area (Å²) in [4.78, 5) is 49.5. The van der Waals surface area contributed by atoms with Crippen LogP contribution in [0.5, 0.6) is 5.75 Å². The van der Waals surface area contributed by atoms with E-state index in [9.17, 15) is 24.3 Å². The maximum atomic E-state index is 12.9. The van der Waals surface area contributed by atoms with Gasteiger partial charge in [-0.15, -0.1) is 0 Å². The number of phenols is 1. The van der Waals surface area contributed by atoms with E-state index < -0.39 is 29.8 Å². The van der Waals surface area contributed by atoms with Gasteiger partial charge in [-0.05, 0) is 47.5 Å². The van der Waals surface area contributed by atoms with Crippen LogP contribution in [0.4, 0.5) is 5.69 Å². The molecule has 0 spiro atoms. The van der Waals surface area contributed by atoms with Gasteiger partial charge in [0, 0.05) is 24.2 Å². The Bertz CT molecular complexity index is 1230. The molecular formula is C27H29N5O5. The molecule has 10 heteroatoms. The molecule has 192 valence electrons. The lowest BCUT2D eigenvalue weighted by Crippen LogP contribution is -2.56. The van der Waals surface area contributed by atoms with Gasteiger partial charge < -0.3 is 32.5 Å². The predicted octanol–water partition coefficient (Wildman–Crippen LogP) is 0.843. The van der Waals surface area contributed by atoms with E-state index in [1.165, 1.54) is 12.1 Å². The highest BCUT2D eigenvalue weighted by atomic mass is 16.3. The molecule has 37 heavy (non-hydrogen) atoms. The molecule has 3 aromatic carbocycles. The van der Waals surface area contributed by atoms with Gasteiger partial charge in [-0.3, -0.25) is 19.2 Å². The normalized spacial score (nSPS) is 12.1. The maximum absolute atomic E-state index is 12.9. The highest BCUT2D eigenvalue weighted by Crippen LogP contribution is 2.14.